The molecule has 1 aromatic carbocycles. The molecule has 1 fully saturated rings. The predicted molar refractivity (Wildman–Crippen MR) is 84.6 cm³/mol. The number of rotatable bonds is 4. The molecule has 0 amide bonds. The highest BCUT2D eigenvalue weighted by atomic mass is 35.5. The van der Waals surface area contributed by atoms with Crippen LogP contribution in [0.25, 0.3) is 0 Å². The van der Waals surface area contributed by atoms with E-state index in [9.17, 15) is 0 Å². The molecule has 1 aliphatic heterocycles. The van der Waals surface area contributed by atoms with E-state index in [1.165, 1.54) is 19.3 Å². The van der Waals surface area contributed by atoms with Crippen molar-refractivity contribution in [1.82, 2.24) is 10.2 Å². The van der Waals surface area contributed by atoms with E-state index in [0.29, 0.717) is 12.0 Å². The summed E-state index contributed by atoms with van der Waals surface area (Å²) in [7, 11) is 5.94. The van der Waals surface area contributed by atoms with Crippen molar-refractivity contribution in [2.24, 2.45) is 5.92 Å². The second-order valence-electron chi connectivity index (χ2n) is 5.59. The van der Waals surface area contributed by atoms with Crippen molar-refractivity contribution in [3.63, 3.8) is 0 Å². The van der Waals surface area contributed by atoms with Crippen LogP contribution in [-0.2, 0) is 0 Å². The van der Waals surface area contributed by atoms with E-state index in [1.807, 2.05) is 25.2 Å². The highest BCUT2D eigenvalue weighted by molar-refractivity contribution is 6.31. The topological polar surface area (TPSA) is 24.5 Å². The van der Waals surface area contributed by atoms with Crippen LogP contribution in [0.15, 0.2) is 18.2 Å². The summed E-state index contributed by atoms with van der Waals surface area (Å²) in [6.45, 7) is 2.11. The molecule has 0 saturated carbocycles. The van der Waals surface area contributed by atoms with Crippen molar-refractivity contribution in [2.75, 3.05) is 34.3 Å². The third-order valence-electron chi connectivity index (χ3n) is 4.25. The van der Waals surface area contributed by atoms with Crippen molar-refractivity contribution < 1.29 is 4.74 Å². The lowest BCUT2D eigenvalue weighted by molar-refractivity contribution is 0.186. The van der Waals surface area contributed by atoms with Gasteiger partial charge in [0, 0.05) is 16.6 Å². The van der Waals surface area contributed by atoms with Crippen molar-refractivity contribution in [2.45, 2.75) is 25.3 Å². The fourth-order valence-electron chi connectivity index (χ4n) is 3.34. The average molecular weight is 297 g/mol. The van der Waals surface area contributed by atoms with Crippen LogP contribution >= 0.6 is 11.6 Å². The molecule has 2 rings (SSSR count). The Balaban J connectivity index is 2.43. The van der Waals surface area contributed by atoms with Gasteiger partial charge in [0.25, 0.3) is 0 Å². The Kier molecular flexibility index (Phi) is 5.70. The number of nitrogens with one attached hydrogen (secondary N) is 1. The first kappa shape index (κ1) is 15.6. The summed E-state index contributed by atoms with van der Waals surface area (Å²) in [6.07, 6.45) is 3.75. The molecule has 0 spiro atoms. The van der Waals surface area contributed by atoms with E-state index in [0.717, 1.165) is 29.4 Å². The predicted octanol–water partition coefficient (Wildman–Crippen LogP) is 3.34. The minimum Gasteiger partial charge on any atom is -0.496 e. The lowest BCUT2D eigenvalue weighted by Gasteiger charge is -2.34. The molecule has 3 nitrogen and oxygen atoms in total. The van der Waals surface area contributed by atoms with Gasteiger partial charge >= 0.3 is 0 Å². The third kappa shape index (κ3) is 3.27. The van der Waals surface area contributed by atoms with Gasteiger partial charge < -0.3 is 10.1 Å². The second kappa shape index (κ2) is 7.30. The summed E-state index contributed by atoms with van der Waals surface area (Å²) in [6, 6.07) is 6.24. The average Bonchev–Trinajstić information content (AvgIpc) is 2.61. The number of halogens is 1. The van der Waals surface area contributed by atoms with Crippen LogP contribution < -0.4 is 10.1 Å². The second-order valence-corrected chi connectivity index (χ2v) is 6.00. The first-order chi connectivity index (χ1) is 9.69. The van der Waals surface area contributed by atoms with Gasteiger partial charge in [0.2, 0.25) is 0 Å². The Hall–Kier alpha value is -0.770. The van der Waals surface area contributed by atoms with Gasteiger partial charge in [-0.1, -0.05) is 24.1 Å². The van der Waals surface area contributed by atoms with Crippen LogP contribution in [0.1, 0.15) is 30.9 Å². The molecule has 1 aliphatic rings. The smallest absolute Gasteiger partial charge is 0.125 e. The van der Waals surface area contributed by atoms with Gasteiger partial charge in [-0.05, 0) is 58.1 Å². The third-order valence-corrected chi connectivity index (χ3v) is 4.58. The molecule has 20 heavy (non-hydrogen) atoms. The van der Waals surface area contributed by atoms with Crippen LogP contribution in [0.5, 0.6) is 5.75 Å². The maximum Gasteiger partial charge on any atom is 0.125 e. The standard InChI is InChI=1S/C16H25ClN2O/c1-18-11-12-7-4-5-10-19(2)16(12)15-13(17)8-6-9-14(15)20-3/h6,8-9,12,16,18H,4-5,7,10-11H2,1-3H3. The van der Waals surface area contributed by atoms with E-state index < -0.39 is 0 Å². The molecule has 0 aromatic heterocycles. The zero-order chi connectivity index (χ0) is 14.5. The van der Waals surface area contributed by atoms with Crippen LogP contribution in [-0.4, -0.2) is 39.2 Å². The molecule has 112 valence electrons. The van der Waals surface area contributed by atoms with E-state index >= 15 is 0 Å². The fourth-order valence-corrected chi connectivity index (χ4v) is 3.62. The number of nitrogens with zero attached hydrogens (tertiary/aromatic N) is 1. The molecule has 4 heteroatoms. The first-order valence-corrected chi connectivity index (χ1v) is 7.74. The summed E-state index contributed by atoms with van der Waals surface area (Å²) < 4.78 is 5.56. The lowest BCUT2D eigenvalue weighted by atomic mass is 9.88. The molecule has 1 N–H and O–H groups in total. The number of hydrogen-bond acceptors (Lipinski definition) is 3. The molecule has 2 atom stereocenters. The van der Waals surface area contributed by atoms with Crippen molar-refractivity contribution in [3.8, 4) is 5.75 Å². The van der Waals surface area contributed by atoms with Crippen molar-refractivity contribution >= 4 is 11.6 Å². The number of benzene rings is 1. The molecule has 2 unspecified atom stereocenters. The maximum absolute atomic E-state index is 6.50. The Bertz CT molecular complexity index is 438. The molecule has 1 saturated heterocycles. The van der Waals surface area contributed by atoms with Crippen LogP contribution in [0.2, 0.25) is 5.02 Å². The quantitative estimate of drug-likeness (QED) is 0.922. The van der Waals surface area contributed by atoms with Gasteiger partial charge in [0.05, 0.1) is 7.11 Å². The number of hydrogen-bond donors (Lipinski definition) is 1. The summed E-state index contributed by atoms with van der Waals surface area (Å²) >= 11 is 6.50. The summed E-state index contributed by atoms with van der Waals surface area (Å²) in [5.41, 5.74) is 1.14. The largest absolute Gasteiger partial charge is 0.496 e. The molecule has 0 aliphatic carbocycles. The fraction of sp³-hybridized carbons (Fsp3) is 0.625. The molecule has 0 radical (unpaired) electrons. The normalized spacial score (nSPS) is 24.4. The van der Waals surface area contributed by atoms with Gasteiger partial charge in [-0.15, -0.1) is 0 Å². The van der Waals surface area contributed by atoms with E-state index in [-0.39, 0.29) is 0 Å². The van der Waals surface area contributed by atoms with Crippen molar-refractivity contribution in [1.29, 1.82) is 0 Å². The summed E-state index contributed by atoms with van der Waals surface area (Å²) in [5, 5.41) is 4.14. The molecule has 0 bridgehead atoms. The minimum absolute atomic E-state index is 0.314. The minimum atomic E-state index is 0.314. The van der Waals surface area contributed by atoms with Crippen LogP contribution in [0.4, 0.5) is 0 Å². The van der Waals surface area contributed by atoms with Crippen LogP contribution in [0.3, 0.4) is 0 Å². The van der Waals surface area contributed by atoms with E-state index in [1.54, 1.807) is 7.11 Å². The summed E-state index contributed by atoms with van der Waals surface area (Å²) in [4.78, 5) is 2.43. The Morgan fingerprint density at radius 3 is 2.90 bits per heavy atom. The lowest BCUT2D eigenvalue weighted by Crippen LogP contribution is -2.34. The monoisotopic (exact) mass is 296 g/mol. The zero-order valence-electron chi connectivity index (χ0n) is 12.7. The van der Waals surface area contributed by atoms with Gasteiger partial charge in [0.15, 0.2) is 0 Å². The number of ether oxygens (including phenoxy) is 1. The van der Waals surface area contributed by atoms with Crippen molar-refractivity contribution in [3.05, 3.63) is 28.8 Å². The highest BCUT2D eigenvalue weighted by Crippen LogP contribution is 2.41. The Morgan fingerprint density at radius 2 is 2.20 bits per heavy atom. The number of likely N-dealkylation sites (tertiary alicyclic amines) is 1. The molecular weight excluding hydrogens is 272 g/mol. The molecule has 1 heterocycles. The highest BCUT2D eigenvalue weighted by Gasteiger charge is 2.32. The molecular formula is C16H25ClN2O. The SMILES string of the molecule is CNCC1CCCCN(C)C1c1c(Cl)cccc1OC. The Morgan fingerprint density at radius 1 is 1.40 bits per heavy atom. The Labute approximate surface area is 127 Å². The molecule has 1 aromatic rings. The first-order valence-electron chi connectivity index (χ1n) is 7.36. The van der Waals surface area contributed by atoms with Gasteiger partial charge in [-0.2, -0.15) is 0 Å². The van der Waals surface area contributed by atoms with Gasteiger partial charge in [0.1, 0.15) is 5.75 Å². The van der Waals surface area contributed by atoms with E-state index in [4.69, 9.17) is 16.3 Å². The van der Waals surface area contributed by atoms with Gasteiger partial charge in [-0.25, -0.2) is 0 Å². The summed E-state index contributed by atoms with van der Waals surface area (Å²) in [5.74, 6) is 1.46. The number of methoxy groups -OCH3 is 1. The zero-order valence-corrected chi connectivity index (χ0v) is 13.4. The van der Waals surface area contributed by atoms with Crippen LogP contribution in [0, 0.1) is 5.92 Å². The van der Waals surface area contributed by atoms with E-state index in [2.05, 4.69) is 17.3 Å². The maximum atomic E-state index is 6.50. The van der Waals surface area contributed by atoms with Gasteiger partial charge in [-0.3, -0.25) is 4.90 Å².